The normalized spacial score (nSPS) is 11.2. The van der Waals surface area contributed by atoms with Gasteiger partial charge in [0.2, 0.25) is 0 Å². The lowest BCUT2D eigenvalue weighted by molar-refractivity contribution is -0.146. The minimum atomic E-state index is -1.08. The van der Waals surface area contributed by atoms with Gasteiger partial charge in [0.25, 0.3) is 0 Å². The largest absolute Gasteiger partial charge is 0.493 e. The van der Waals surface area contributed by atoms with Crippen molar-refractivity contribution in [3.63, 3.8) is 0 Å². The highest BCUT2D eigenvalue weighted by Gasteiger charge is 2.31. The van der Waals surface area contributed by atoms with Crippen molar-refractivity contribution in [3.8, 4) is 5.75 Å². The van der Waals surface area contributed by atoms with E-state index in [1.54, 1.807) is 26.0 Å². The van der Waals surface area contributed by atoms with E-state index < -0.39 is 11.4 Å². The van der Waals surface area contributed by atoms with Gasteiger partial charge in [-0.15, -0.1) is 0 Å². The highest BCUT2D eigenvalue weighted by molar-refractivity contribution is 6.01. The molecule has 4 nitrogen and oxygen atoms in total. The third-order valence-electron chi connectivity index (χ3n) is 2.92. The molecule has 0 spiro atoms. The van der Waals surface area contributed by atoms with Gasteiger partial charge in [-0.1, -0.05) is 11.6 Å². The Morgan fingerprint density at radius 3 is 2.47 bits per heavy atom. The first-order chi connectivity index (χ1) is 8.77. The fraction of sp³-hybridized carbons (Fsp3) is 0.467. The number of aryl methyl sites for hydroxylation is 1. The minimum absolute atomic E-state index is 0.0497. The first-order valence-corrected chi connectivity index (χ1v) is 6.28. The molecular formula is C15H20O4. The molecule has 0 fully saturated rings. The van der Waals surface area contributed by atoms with Gasteiger partial charge < -0.3 is 9.84 Å². The molecule has 0 aliphatic carbocycles. The summed E-state index contributed by atoms with van der Waals surface area (Å²) in [5, 5.41) is 9.08. The van der Waals surface area contributed by atoms with E-state index in [9.17, 15) is 9.59 Å². The zero-order valence-corrected chi connectivity index (χ0v) is 11.8. The van der Waals surface area contributed by atoms with E-state index in [2.05, 4.69) is 0 Å². The molecule has 0 bridgehead atoms. The Morgan fingerprint density at radius 1 is 1.32 bits per heavy atom. The molecule has 0 amide bonds. The molecular weight excluding hydrogens is 244 g/mol. The van der Waals surface area contributed by atoms with Crippen LogP contribution in [0.2, 0.25) is 0 Å². The number of carbonyl (C=O) groups is 2. The predicted octanol–water partition coefficient (Wildman–Crippen LogP) is 3.08. The van der Waals surface area contributed by atoms with Crippen molar-refractivity contribution < 1.29 is 19.4 Å². The van der Waals surface area contributed by atoms with Gasteiger partial charge >= 0.3 is 5.97 Å². The topological polar surface area (TPSA) is 63.6 Å². The SMILES string of the molecule is CCOc1ccc(C)cc1C(=O)CC(C)(C)C(=O)O. The Bertz CT molecular complexity index is 489. The van der Waals surface area contributed by atoms with Crippen molar-refractivity contribution >= 4 is 11.8 Å². The Kier molecular flexibility index (Phi) is 4.70. The van der Waals surface area contributed by atoms with Crippen molar-refractivity contribution in [3.05, 3.63) is 29.3 Å². The van der Waals surface area contributed by atoms with Gasteiger partial charge in [-0.3, -0.25) is 9.59 Å². The van der Waals surface area contributed by atoms with E-state index in [4.69, 9.17) is 9.84 Å². The van der Waals surface area contributed by atoms with Crippen LogP contribution in [0.25, 0.3) is 0 Å². The van der Waals surface area contributed by atoms with E-state index in [1.165, 1.54) is 0 Å². The fourth-order valence-corrected chi connectivity index (χ4v) is 1.72. The third kappa shape index (κ3) is 3.81. The molecule has 1 rings (SSSR count). The number of rotatable bonds is 6. The molecule has 1 aromatic carbocycles. The van der Waals surface area contributed by atoms with Gasteiger partial charge in [-0.2, -0.15) is 0 Å². The maximum Gasteiger partial charge on any atom is 0.309 e. The van der Waals surface area contributed by atoms with Crippen LogP contribution >= 0.6 is 0 Å². The molecule has 0 heterocycles. The number of carboxylic acids is 1. The molecule has 19 heavy (non-hydrogen) atoms. The lowest BCUT2D eigenvalue weighted by Crippen LogP contribution is -2.27. The second-order valence-electron chi connectivity index (χ2n) is 5.22. The number of carbonyl (C=O) groups excluding carboxylic acids is 1. The lowest BCUT2D eigenvalue weighted by Gasteiger charge is -2.19. The van der Waals surface area contributed by atoms with Crippen LogP contribution in [0.1, 0.15) is 43.1 Å². The van der Waals surface area contributed by atoms with Gasteiger partial charge in [0.05, 0.1) is 17.6 Å². The van der Waals surface area contributed by atoms with Gasteiger partial charge in [0, 0.05) is 6.42 Å². The van der Waals surface area contributed by atoms with Gasteiger partial charge in [0.15, 0.2) is 5.78 Å². The Balaban J connectivity index is 3.05. The van der Waals surface area contributed by atoms with Crippen LogP contribution in [0.3, 0.4) is 0 Å². The average molecular weight is 264 g/mol. The number of carboxylic acid groups (broad SMARTS) is 1. The van der Waals surface area contributed by atoms with E-state index in [0.29, 0.717) is 17.9 Å². The van der Waals surface area contributed by atoms with Crippen LogP contribution in [0.15, 0.2) is 18.2 Å². The minimum Gasteiger partial charge on any atom is -0.493 e. The van der Waals surface area contributed by atoms with Crippen LogP contribution in [0.5, 0.6) is 5.75 Å². The quantitative estimate of drug-likeness (QED) is 0.802. The molecule has 0 saturated carbocycles. The number of ketones is 1. The number of Topliss-reactive ketones (excluding diaryl/α,β-unsaturated/α-hetero) is 1. The van der Waals surface area contributed by atoms with Crippen molar-refractivity contribution in [1.29, 1.82) is 0 Å². The number of aliphatic carboxylic acids is 1. The highest BCUT2D eigenvalue weighted by Crippen LogP contribution is 2.28. The summed E-state index contributed by atoms with van der Waals surface area (Å²) >= 11 is 0. The van der Waals surface area contributed by atoms with E-state index in [-0.39, 0.29) is 12.2 Å². The Hall–Kier alpha value is -1.84. The molecule has 0 atom stereocenters. The summed E-state index contributed by atoms with van der Waals surface area (Å²) in [4.78, 5) is 23.4. The van der Waals surface area contributed by atoms with Crippen molar-refractivity contribution in [2.75, 3.05) is 6.61 Å². The smallest absolute Gasteiger partial charge is 0.309 e. The van der Waals surface area contributed by atoms with Crippen LogP contribution in [0.4, 0.5) is 0 Å². The summed E-state index contributed by atoms with van der Waals surface area (Å²) < 4.78 is 5.42. The second-order valence-corrected chi connectivity index (χ2v) is 5.22. The predicted molar refractivity (Wildman–Crippen MR) is 72.7 cm³/mol. The fourth-order valence-electron chi connectivity index (χ4n) is 1.72. The highest BCUT2D eigenvalue weighted by atomic mass is 16.5. The van der Waals surface area contributed by atoms with Crippen LogP contribution in [0, 0.1) is 12.3 Å². The summed E-state index contributed by atoms with van der Waals surface area (Å²) in [6, 6.07) is 5.36. The summed E-state index contributed by atoms with van der Waals surface area (Å²) in [6.07, 6.45) is -0.0497. The average Bonchev–Trinajstić information content (AvgIpc) is 2.30. The number of benzene rings is 1. The number of hydrogen-bond donors (Lipinski definition) is 1. The summed E-state index contributed by atoms with van der Waals surface area (Å²) in [7, 11) is 0. The molecule has 0 radical (unpaired) electrons. The zero-order valence-electron chi connectivity index (χ0n) is 11.8. The van der Waals surface area contributed by atoms with Gasteiger partial charge in [0.1, 0.15) is 5.75 Å². The number of ether oxygens (including phenoxy) is 1. The molecule has 0 saturated heterocycles. The molecule has 0 unspecified atom stereocenters. The van der Waals surface area contributed by atoms with Gasteiger partial charge in [-0.05, 0) is 39.8 Å². The molecule has 1 aromatic rings. The Labute approximate surface area is 113 Å². The van der Waals surface area contributed by atoms with Crippen LogP contribution < -0.4 is 4.74 Å². The summed E-state index contributed by atoms with van der Waals surface area (Å²) in [6.45, 7) is 7.28. The lowest BCUT2D eigenvalue weighted by atomic mass is 9.85. The maximum absolute atomic E-state index is 12.3. The van der Waals surface area contributed by atoms with Crippen molar-refractivity contribution in [1.82, 2.24) is 0 Å². The first kappa shape index (κ1) is 15.2. The monoisotopic (exact) mass is 264 g/mol. The standard InChI is InChI=1S/C15H20O4/c1-5-19-13-7-6-10(2)8-11(13)12(16)9-15(3,4)14(17)18/h6-8H,5,9H2,1-4H3,(H,17,18). The summed E-state index contributed by atoms with van der Waals surface area (Å²) in [5.74, 6) is -0.676. The molecule has 4 heteroatoms. The third-order valence-corrected chi connectivity index (χ3v) is 2.92. The molecule has 104 valence electrons. The Morgan fingerprint density at radius 2 is 1.95 bits per heavy atom. The van der Waals surface area contributed by atoms with Crippen LogP contribution in [-0.2, 0) is 4.79 Å². The first-order valence-electron chi connectivity index (χ1n) is 6.28. The molecule has 0 aliphatic rings. The van der Waals surface area contributed by atoms with E-state index >= 15 is 0 Å². The molecule has 1 N–H and O–H groups in total. The van der Waals surface area contributed by atoms with Crippen molar-refractivity contribution in [2.45, 2.75) is 34.1 Å². The summed E-state index contributed by atoms with van der Waals surface area (Å²) in [5.41, 5.74) is 0.320. The van der Waals surface area contributed by atoms with E-state index in [1.807, 2.05) is 19.9 Å². The number of hydrogen-bond acceptors (Lipinski definition) is 3. The van der Waals surface area contributed by atoms with E-state index in [0.717, 1.165) is 5.56 Å². The van der Waals surface area contributed by atoms with Gasteiger partial charge in [-0.25, -0.2) is 0 Å². The molecule has 0 aromatic heterocycles. The molecule has 0 aliphatic heterocycles. The zero-order chi connectivity index (χ0) is 14.6. The second kappa shape index (κ2) is 5.87. The van der Waals surface area contributed by atoms with Crippen molar-refractivity contribution in [2.24, 2.45) is 5.41 Å². The maximum atomic E-state index is 12.3. The van der Waals surface area contributed by atoms with Crippen LogP contribution in [-0.4, -0.2) is 23.5 Å².